The van der Waals surface area contributed by atoms with Gasteiger partial charge in [-0.2, -0.15) is 0 Å². The Kier molecular flexibility index (Phi) is 2.71. The highest BCUT2D eigenvalue weighted by Crippen LogP contribution is 2.32. The molecule has 3 rings (SSSR count). The van der Waals surface area contributed by atoms with Crippen molar-refractivity contribution < 1.29 is 9.66 Å². The molecule has 2 heterocycles. The van der Waals surface area contributed by atoms with E-state index in [9.17, 15) is 10.1 Å². The fourth-order valence-corrected chi connectivity index (χ4v) is 1.75. The number of nitro groups is 1. The van der Waals surface area contributed by atoms with Crippen LogP contribution in [0.15, 0.2) is 30.3 Å². The zero-order valence-corrected chi connectivity index (χ0v) is 10.3. The lowest BCUT2D eigenvalue weighted by Gasteiger charge is -2.06. The molecule has 0 saturated carbocycles. The molecule has 0 N–H and O–H groups in total. The average molecular weight is 272 g/mol. The van der Waals surface area contributed by atoms with Crippen molar-refractivity contribution in [3.8, 4) is 11.6 Å². The van der Waals surface area contributed by atoms with Gasteiger partial charge in [-0.15, -0.1) is 14.8 Å². The minimum Gasteiger partial charge on any atom is -0.430 e. The molecule has 0 aliphatic carbocycles. The van der Waals surface area contributed by atoms with Crippen LogP contribution in [0.3, 0.4) is 0 Å². The van der Waals surface area contributed by atoms with Gasteiger partial charge < -0.3 is 4.74 Å². The molecule has 0 bridgehead atoms. The molecule has 1 aromatic carbocycles. The molecule has 0 radical (unpaired) electrons. The summed E-state index contributed by atoms with van der Waals surface area (Å²) in [5.41, 5.74) is 0.873. The highest BCUT2D eigenvalue weighted by Gasteiger charge is 2.19. The lowest BCUT2D eigenvalue weighted by atomic mass is 10.2. The topological polar surface area (TPSA) is 108 Å². The zero-order valence-electron chi connectivity index (χ0n) is 10.3. The third-order valence-corrected chi connectivity index (χ3v) is 2.64. The number of ether oxygens (including phenoxy) is 1. The van der Waals surface area contributed by atoms with Gasteiger partial charge in [0, 0.05) is 11.6 Å². The van der Waals surface area contributed by atoms with Crippen LogP contribution in [0.25, 0.3) is 5.65 Å². The van der Waals surface area contributed by atoms with Crippen molar-refractivity contribution in [3.05, 3.63) is 46.0 Å². The molecule has 0 unspecified atom stereocenters. The predicted molar refractivity (Wildman–Crippen MR) is 66.5 cm³/mol. The number of hydrogen-bond donors (Lipinski definition) is 0. The molecule has 0 amide bonds. The summed E-state index contributed by atoms with van der Waals surface area (Å²) in [6.45, 7) is 1.64. The number of hydrogen-bond acceptors (Lipinski definition) is 7. The molecule has 2 aromatic heterocycles. The summed E-state index contributed by atoms with van der Waals surface area (Å²) < 4.78 is 6.64. The molecular formula is C11H8N6O3. The lowest BCUT2D eigenvalue weighted by Crippen LogP contribution is -2.00. The number of nitrogens with zero attached hydrogens (tertiary/aromatic N) is 6. The standard InChI is InChI=1S/C11H8N6O3/c1-7-3-2-4-8(11(7)17(18)19)20-10-6-5-9-12-14-15-16(9)13-10/h2-6H,1H3. The van der Waals surface area contributed by atoms with Crippen LogP contribution in [0, 0.1) is 17.0 Å². The number of tetrazole rings is 1. The van der Waals surface area contributed by atoms with Crippen LogP contribution in [0.2, 0.25) is 0 Å². The van der Waals surface area contributed by atoms with E-state index in [1.807, 2.05) is 0 Å². The Morgan fingerprint density at radius 1 is 1.30 bits per heavy atom. The first-order valence-electron chi connectivity index (χ1n) is 5.62. The Morgan fingerprint density at radius 2 is 2.15 bits per heavy atom. The Morgan fingerprint density at radius 3 is 2.95 bits per heavy atom. The lowest BCUT2D eigenvalue weighted by molar-refractivity contribution is -0.386. The van der Waals surface area contributed by atoms with Gasteiger partial charge in [0.25, 0.3) is 0 Å². The second-order valence-corrected chi connectivity index (χ2v) is 3.98. The Balaban J connectivity index is 2.02. The normalized spacial score (nSPS) is 10.7. The molecule has 20 heavy (non-hydrogen) atoms. The van der Waals surface area contributed by atoms with E-state index in [1.165, 1.54) is 16.8 Å². The van der Waals surface area contributed by atoms with Crippen molar-refractivity contribution in [2.45, 2.75) is 6.92 Å². The molecule has 0 aliphatic rings. The van der Waals surface area contributed by atoms with Crippen molar-refractivity contribution in [1.82, 2.24) is 25.3 Å². The number of fused-ring (bicyclic) bond motifs is 1. The van der Waals surface area contributed by atoms with Gasteiger partial charge >= 0.3 is 5.69 Å². The fourth-order valence-electron chi connectivity index (χ4n) is 1.75. The van der Waals surface area contributed by atoms with Crippen LogP contribution in [-0.4, -0.2) is 30.2 Å². The molecular weight excluding hydrogens is 264 g/mol. The minimum absolute atomic E-state index is 0.0916. The summed E-state index contributed by atoms with van der Waals surface area (Å²) in [5.74, 6) is 0.286. The maximum Gasteiger partial charge on any atom is 0.314 e. The number of para-hydroxylation sites is 1. The third-order valence-electron chi connectivity index (χ3n) is 2.64. The van der Waals surface area contributed by atoms with Crippen LogP contribution in [0.1, 0.15) is 5.56 Å². The van der Waals surface area contributed by atoms with Crippen molar-refractivity contribution in [3.63, 3.8) is 0 Å². The summed E-state index contributed by atoms with van der Waals surface area (Å²) in [5, 5.41) is 25.8. The van der Waals surface area contributed by atoms with Gasteiger partial charge in [-0.3, -0.25) is 10.1 Å². The first-order chi connectivity index (χ1) is 9.65. The van der Waals surface area contributed by atoms with Crippen molar-refractivity contribution in [1.29, 1.82) is 0 Å². The first-order valence-corrected chi connectivity index (χ1v) is 5.62. The number of aryl methyl sites for hydroxylation is 1. The van der Waals surface area contributed by atoms with E-state index in [0.717, 1.165) is 0 Å². The second-order valence-electron chi connectivity index (χ2n) is 3.98. The monoisotopic (exact) mass is 272 g/mol. The largest absolute Gasteiger partial charge is 0.430 e. The molecule has 9 nitrogen and oxygen atoms in total. The van der Waals surface area contributed by atoms with E-state index in [4.69, 9.17) is 4.74 Å². The van der Waals surface area contributed by atoms with Crippen LogP contribution in [0.4, 0.5) is 5.69 Å². The average Bonchev–Trinajstić information content (AvgIpc) is 2.85. The van der Waals surface area contributed by atoms with Gasteiger partial charge in [0.1, 0.15) is 0 Å². The Bertz CT molecular complexity index is 800. The summed E-state index contributed by atoms with van der Waals surface area (Å²) in [6, 6.07) is 7.97. The zero-order chi connectivity index (χ0) is 14.1. The molecule has 0 aliphatic heterocycles. The molecule has 3 aromatic rings. The maximum atomic E-state index is 11.1. The highest BCUT2D eigenvalue weighted by molar-refractivity contribution is 5.53. The Labute approximate surface area is 111 Å². The smallest absolute Gasteiger partial charge is 0.314 e. The van der Waals surface area contributed by atoms with Gasteiger partial charge in [-0.25, -0.2) is 0 Å². The van der Waals surface area contributed by atoms with E-state index < -0.39 is 4.92 Å². The van der Waals surface area contributed by atoms with E-state index in [-0.39, 0.29) is 17.3 Å². The van der Waals surface area contributed by atoms with E-state index in [1.54, 1.807) is 25.1 Å². The maximum absolute atomic E-state index is 11.1. The van der Waals surface area contributed by atoms with Crippen LogP contribution >= 0.6 is 0 Å². The fraction of sp³-hybridized carbons (Fsp3) is 0.0909. The summed E-state index contributed by atoms with van der Waals surface area (Å²) in [4.78, 5) is 10.6. The van der Waals surface area contributed by atoms with Gasteiger partial charge in [-0.1, -0.05) is 12.1 Å². The Hall–Kier alpha value is -3.10. The van der Waals surface area contributed by atoms with E-state index in [2.05, 4.69) is 20.6 Å². The number of nitro benzene ring substituents is 1. The highest BCUT2D eigenvalue weighted by atomic mass is 16.6. The number of rotatable bonds is 3. The van der Waals surface area contributed by atoms with E-state index in [0.29, 0.717) is 11.2 Å². The number of aromatic nitrogens is 5. The molecule has 100 valence electrons. The molecule has 9 heteroatoms. The van der Waals surface area contributed by atoms with Gasteiger partial charge in [-0.05, 0) is 29.5 Å². The summed E-state index contributed by atoms with van der Waals surface area (Å²) >= 11 is 0. The third kappa shape index (κ3) is 2.00. The SMILES string of the molecule is Cc1cccc(Oc2ccc3nnnn3n2)c1[N+](=O)[O-]. The predicted octanol–water partition coefficient (Wildman–Crippen LogP) is 1.53. The van der Waals surface area contributed by atoms with Crippen LogP contribution < -0.4 is 4.74 Å². The van der Waals surface area contributed by atoms with E-state index >= 15 is 0 Å². The summed E-state index contributed by atoms with van der Waals surface area (Å²) in [7, 11) is 0. The van der Waals surface area contributed by atoms with Gasteiger partial charge in [0.2, 0.25) is 11.6 Å². The molecule has 0 atom stereocenters. The quantitative estimate of drug-likeness (QED) is 0.525. The number of benzene rings is 1. The molecule has 0 spiro atoms. The van der Waals surface area contributed by atoms with Crippen LogP contribution in [0.5, 0.6) is 11.6 Å². The first kappa shape index (κ1) is 12.0. The van der Waals surface area contributed by atoms with Crippen molar-refractivity contribution >= 4 is 11.3 Å². The molecule has 0 saturated heterocycles. The summed E-state index contributed by atoms with van der Waals surface area (Å²) in [6.07, 6.45) is 0. The second kappa shape index (κ2) is 4.53. The van der Waals surface area contributed by atoms with Gasteiger partial charge in [0.05, 0.1) is 4.92 Å². The van der Waals surface area contributed by atoms with Gasteiger partial charge in [0.15, 0.2) is 5.65 Å². The molecule has 0 fully saturated rings. The van der Waals surface area contributed by atoms with Crippen molar-refractivity contribution in [2.75, 3.05) is 0 Å². The minimum atomic E-state index is -0.486. The van der Waals surface area contributed by atoms with Crippen LogP contribution in [-0.2, 0) is 0 Å². The van der Waals surface area contributed by atoms with Crippen molar-refractivity contribution in [2.24, 2.45) is 0 Å².